The second-order valence-electron chi connectivity index (χ2n) is 6.07. The third-order valence-corrected chi connectivity index (χ3v) is 4.26. The van der Waals surface area contributed by atoms with Crippen LogP contribution in [0.3, 0.4) is 0 Å². The van der Waals surface area contributed by atoms with Crippen LogP contribution < -0.4 is 10.6 Å². The van der Waals surface area contributed by atoms with Gasteiger partial charge >= 0.3 is 0 Å². The Labute approximate surface area is 163 Å². The van der Waals surface area contributed by atoms with E-state index in [0.717, 1.165) is 29.9 Å². The van der Waals surface area contributed by atoms with Crippen molar-refractivity contribution in [2.45, 2.75) is 39.7 Å². The Balaban J connectivity index is 1.50. The van der Waals surface area contributed by atoms with Gasteiger partial charge in [-0.15, -0.1) is 0 Å². The van der Waals surface area contributed by atoms with Gasteiger partial charge in [-0.1, -0.05) is 30.2 Å². The third-order valence-electron chi connectivity index (χ3n) is 4.26. The molecule has 0 aliphatic heterocycles. The molecule has 28 heavy (non-hydrogen) atoms. The highest BCUT2D eigenvalue weighted by Crippen LogP contribution is 2.15. The number of guanidine groups is 1. The molecule has 9 heteroatoms. The van der Waals surface area contributed by atoms with Crippen LogP contribution in [0.25, 0.3) is 11.6 Å². The molecule has 148 valence electrons. The average Bonchev–Trinajstić information content (AvgIpc) is 3.37. The predicted octanol–water partition coefficient (Wildman–Crippen LogP) is 2.15. The summed E-state index contributed by atoms with van der Waals surface area (Å²) in [5.74, 6) is 2.64. The van der Waals surface area contributed by atoms with Gasteiger partial charge in [0.05, 0.1) is 5.69 Å². The van der Waals surface area contributed by atoms with Crippen LogP contribution >= 0.6 is 0 Å². The number of pyridine rings is 1. The van der Waals surface area contributed by atoms with Gasteiger partial charge in [-0.25, -0.2) is 0 Å². The summed E-state index contributed by atoms with van der Waals surface area (Å²) in [6.45, 7) is 5.35. The summed E-state index contributed by atoms with van der Waals surface area (Å²) in [5.41, 5.74) is 2.75. The number of rotatable bonds is 8. The second-order valence-corrected chi connectivity index (χ2v) is 6.07. The van der Waals surface area contributed by atoms with E-state index >= 15 is 0 Å². The van der Waals surface area contributed by atoms with E-state index in [2.05, 4.69) is 49.8 Å². The van der Waals surface area contributed by atoms with Crippen molar-refractivity contribution >= 4 is 5.96 Å². The van der Waals surface area contributed by atoms with Crippen LogP contribution in [0.1, 0.15) is 36.7 Å². The zero-order chi connectivity index (χ0) is 19.8. The Morgan fingerprint density at radius 2 is 2.00 bits per heavy atom. The highest BCUT2D eigenvalue weighted by atomic mass is 16.5. The molecule has 0 radical (unpaired) electrons. The fourth-order valence-corrected chi connectivity index (χ4v) is 2.77. The first-order valence-electron chi connectivity index (χ1n) is 9.39. The normalized spacial score (nSPS) is 11.6. The van der Waals surface area contributed by atoms with Crippen LogP contribution in [-0.4, -0.2) is 39.8 Å². The molecule has 2 N–H and O–H groups in total. The molecular formula is C19H25N7O2. The summed E-state index contributed by atoms with van der Waals surface area (Å²) >= 11 is 0. The Kier molecular flexibility index (Phi) is 6.72. The first-order chi connectivity index (χ1) is 13.7. The largest absolute Gasteiger partial charge is 0.361 e. The molecule has 0 fully saturated rings. The van der Waals surface area contributed by atoms with Crippen molar-refractivity contribution in [3.63, 3.8) is 0 Å². The summed E-state index contributed by atoms with van der Waals surface area (Å²) in [7, 11) is 1.73. The maximum Gasteiger partial charge on any atom is 0.276 e. The highest BCUT2D eigenvalue weighted by Gasteiger charge is 2.14. The lowest BCUT2D eigenvalue weighted by atomic mass is 10.1. The van der Waals surface area contributed by atoms with E-state index in [-0.39, 0.29) is 0 Å². The lowest BCUT2D eigenvalue weighted by Gasteiger charge is -2.11. The van der Waals surface area contributed by atoms with Gasteiger partial charge in [-0.05, 0) is 18.6 Å². The maximum atomic E-state index is 5.40. The SMILES string of the molecule is CCc1noc(CC)c1CNC(=NC)NCCc1noc(-c2ccccn2)n1. The Hall–Kier alpha value is -3.23. The van der Waals surface area contributed by atoms with E-state index in [0.29, 0.717) is 42.9 Å². The van der Waals surface area contributed by atoms with Crippen LogP contribution in [0, 0.1) is 0 Å². The second kappa shape index (κ2) is 9.63. The third kappa shape index (κ3) is 4.73. The number of aromatic nitrogens is 4. The molecule has 0 bridgehead atoms. The fraction of sp³-hybridized carbons (Fsp3) is 0.421. The number of nitrogens with one attached hydrogen (secondary N) is 2. The molecule has 0 amide bonds. The quantitative estimate of drug-likeness (QED) is 0.449. The molecule has 0 aliphatic carbocycles. The smallest absolute Gasteiger partial charge is 0.276 e. The molecule has 3 rings (SSSR count). The molecule has 9 nitrogen and oxygen atoms in total. The van der Waals surface area contributed by atoms with Gasteiger partial charge < -0.3 is 19.7 Å². The van der Waals surface area contributed by atoms with Crippen LogP contribution in [0.4, 0.5) is 0 Å². The van der Waals surface area contributed by atoms with Crippen LogP contribution in [0.15, 0.2) is 38.4 Å². The van der Waals surface area contributed by atoms with Crippen molar-refractivity contribution in [2.75, 3.05) is 13.6 Å². The van der Waals surface area contributed by atoms with Gasteiger partial charge in [0.2, 0.25) is 0 Å². The maximum absolute atomic E-state index is 5.40. The molecule has 3 heterocycles. The number of aryl methyl sites for hydroxylation is 2. The number of hydrogen-bond donors (Lipinski definition) is 2. The Bertz CT molecular complexity index is 881. The van der Waals surface area contributed by atoms with E-state index in [4.69, 9.17) is 9.05 Å². The van der Waals surface area contributed by atoms with E-state index in [9.17, 15) is 0 Å². The zero-order valence-corrected chi connectivity index (χ0v) is 16.4. The minimum atomic E-state index is 0.421. The molecule has 0 atom stereocenters. The molecule has 3 aromatic heterocycles. The number of hydrogen-bond acceptors (Lipinski definition) is 7. The van der Waals surface area contributed by atoms with E-state index in [1.54, 1.807) is 13.2 Å². The molecular weight excluding hydrogens is 358 g/mol. The fourth-order valence-electron chi connectivity index (χ4n) is 2.77. The standard InChI is InChI=1S/C19H25N7O2/c1-4-14-13(16(5-2)27-25-14)12-23-19(20-3)22-11-9-17-24-18(28-26-17)15-8-6-7-10-21-15/h6-8,10H,4-5,9,11-12H2,1-3H3,(H2,20,22,23). The molecule has 0 saturated carbocycles. The van der Waals surface area contributed by atoms with Crippen molar-refractivity contribution in [1.82, 2.24) is 30.9 Å². The summed E-state index contributed by atoms with van der Waals surface area (Å²) in [6, 6.07) is 5.56. The summed E-state index contributed by atoms with van der Waals surface area (Å²) < 4.78 is 10.7. The van der Waals surface area contributed by atoms with Crippen molar-refractivity contribution in [1.29, 1.82) is 0 Å². The zero-order valence-electron chi connectivity index (χ0n) is 16.4. The van der Waals surface area contributed by atoms with Gasteiger partial charge in [0.25, 0.3) is 5.89 Å². The first-order valence-corrected chi connectivity index (χ1v) is 9.39. The summed E-state index contributed by atoms with van der Waals surface area (Å²) in [5, 5.41) is 14.7. The van der Waals surface area contributed by atoms with Crippen molar-refractivity contribution < 1.29 is 9.05 Å². The van der Waals surface area contributed by atoms with E-state index in [1.807, 2.05) is 18.2 Å². The number of nitrogens with zero attached hydrogens (tertiary/aromatic N) is 5. The van der Waals surface area contributed by atoms with Crippen LogP contribution in [0.5, 0.6) is 0 Å². The Morgan fingerprint density at radius 3 is 2.71 bits per heavy atom. The van der Waals surface area contributed by atoms with Crippen molar-refractivity contribution in [2.24, 2.45) is 4.99 Å². The summed E-state index contributed by atoms with van der Waals surface area (Å²) in [6.07, 6.45) is 3.94. The van der Waals surface area contributed by atoms with Gasteiger partial charge in [0, 0.05) is 44.7 Å². The highest BCUT2D eigenvalue weighted by molar-refractivity contribution is 5.79. The molecule has 3 aromatic rings. The van der Waals surface area contributed by atoms with E-state index < -0.39 is 0 Å². The monoisotopic (exact) mass is 383 g/mol. The van der Waals surface area contributed by atoms with Crippen LogP contribution in [-0.2, 0) is 25.8 Å². The average molecular weight is 383 g/mol. The lowest BCUT2D eigenvalue weighted by Crippen LogP contribution is -2.38. The minimum absolute atomic E-state index is 0.421. The van der Waals surface area contributed by atoms with Crippen LogP contribution in [0.2, 0.25) is 0 Å². The van der Waals surface area contributed by atoms with E-state index in [1.165, 1.54) is 0 Å². The van der Waals surface area contributed by atoms with Crippen molar-refractivity contribution in [3.05, 3.63) is 47.2 Å². The molecule has 0 saturated heterocycles. The topological polar surface area (TPSA) is 114 Å². The predicted molar refractivity (Wildman–Crippen MR) is 105 cm³/mol. The van der Waals surface area contributed by atoms with Gasteiger partial charge in [-0.2, -0.15) is 4.98 Å². The molecule has 0 aliphatic rings. The van der Waals surface area contributed by atoms with Gasteiger partial charge in [-0.3, -0.25) is 9.98 Å². The lowest BCUT2D eigenvalue weighted by molar-refractivity contribution is 0.380. The molecule has 0 unspecified atom stereocenters. The van der Waals surface area contributed by atoms with Gasteiger partial charge in [0.15, 0.2) is 11.8 Å². The Morgan fingerprint density at radius 1 is 1.11 bits per heavy atom. The molecule has 0 aromatic carbocycles. The minimum Gasteiger partial charge on any atom is -0.361 e. The summed E-state index contributed by atoms with van der Waals surface area (Å²) in [4.78, 5) is 12.8. The first kappa shape index (κ1) is 19.5. The van der Waals surface area contributed by atoms with Crippen molar-refractivity contribution in [3.8, 4) is 11.6 Å². The van der Waals surface area contributed by atoms with Gasteiger partial charge in [0.1, 0.15) is 11.5 Å². The molecule has 0 spiro atoms. The number of aliphatic imine (C=N–C) groups is 1.